The molecule has 1 aromatic rings. The van der Waals surface area contributed by atoms with Crippen molar-refractivity contribution in [3.05, 3.63) is 17.5 Å². The topological polar surface area (TPSA) is 47.0 Å². The van der Waals surface area contributed by atoms with Crippen LogP contribution < -0.4 is 5.32 Å². The first-order valence-corrected chi connectivity index (χ1v) is 4.85. The number of nitrogens with zero attached hydrogens (tertiary/aromatic N) is 2. The van der Waals surface area contributed by atoms with E-state index in [1.807, 2.05) is 0 Å². The Labute approximate surface area is 87.7 Å². The van der Waals surface area contributed by atoms with Crippen LogP contribution in [0.1, 0.15) is 6.92 Å². The number of hydrogen-bond donors (Lipinski definition) is 1. The normalized spacial score (nSPS) is 18.7. The van der Waals surface area contributed by atoms with Gasteiger partial charge in [0.1, 0.15) is 11.0 Å². The van der Waals surface area contributed by atoms with Gasteiger partial charge in [-0.25, -0.2) is 4.98 Å². The molecule has 0 amide bonds. The minimum Gasteiger partial charge on any atom is -0.380 e. The third-order valence-corrected chi connectivity index (χ3v) is 2.38. The molecular weight excluding hydrogens is 202 g/mol. The van der Waals surface area contributed by atoms with Crippen LogP contribution in [0.25, 0.3) is 0 Å². The average molecular weight is 214 g/mol. The van der Waals surface area contributed by atoms with Gasteiger partial charge >= 0.3 is 0 Å². The Morgan fingerprint density at radius 3 is 2.93 bits per heavy atom. The zero-order chi connectivity index (χ0) is 10.0. The summed E-state index contributed by atoms with van der Waals surface area (Å²) in [7, 11) is 0. The number of rotatable bonds is 3. The molecule has 0 radical (unpaired) electrons. The fraction of sp³-hybridized carbons (Fsp3) is 0.556. The van der Waals surface area contributed by atoms with Gasteiger partial charge in [-0.3, -0.25) is 4.98 Å². The monoisotopic (exact) mass is 213 g/mol. The lowest BCUT2D eigenvalue weighted by Crippen LogP contribution is -2.45. The Morgan fingerprint density at radius 2 is 2.36 bits per heavy atom. The maximum Gasteiger partial charge on any atom is 0.149 e. The summed E-state index contributed by atoms with van der Waals surface area (Å²) in [6.07, 6.45) is 3.18. The van der Waals surface area contributed by atoms with E-state index in [1.54, 1.807) is 6.20 Å². The Hall–Kier alpha value is -0.870. The van der Waals surface area contributed by atoms with Crippen molar-refractivity contribution in [2.75, 3.05) is 25.1 Å². The third kappa shape index (κ3) is 2.13. The van der Waals surface area contributed by atoms with Crippen LogP contribution in [0.5, 0.6) is 0 Å². The summed E-state index contributed by atoms with van der Waals surface area (Å²) in [5.74, 6) is 0.714. The molecule has 0 spiro atoms. The molecule has 0 atom stereocenters. The molecule has 2 heterocycles. The molecule has 4 nitrogen and oxygen atoms in total. The van der Waals surface area contributed by atoms with Crippen molar-refractivity contribution in [2.45, 2.75) is 6.92 Å². The van der Waals surface area contributed by atoms with E-state index in [4.69, 9.17) is 16.3 Å². The van der Waals surface area contributed by atoms with Crippen LogP contribution in [-0.2, 0) is 4.74 Å². The fourth-order valence-corrected chi connectivity index (χ4v) is 1.43. The second-order valence-electron chi connectivity index (χ2n) is 3.88. The number of halogens is 1. The van der Waals surface area contributed by atoms with E-state index in [1.165, 1.54) is 6.20 Å². The predicted octanol–water partition coefficient (Wildman–Crippen LogP) is 1.58. The molecule has 1 saturated heterocycles. The van der Waals surface area contributed by atoms with Gasteiger partial charge in [0.05, 0.1) is 25.6 Å². The van der Waals surface area contributed by atoms with Gasteiger partial charge in [-0.15, -0.1) is 0 Å². The molecule has 5 heteroatoms. The van der Waals surface area contributed by atoms with Crippen LogP contribution in [0, 0.1) is 5.41 Å². The molecule has 0 unspecified atom stereocenters. The highest BCUT2D eigenvalue weighted by atomic mass is 35.5. The average Bonchev–Trinajstić information content (AvgIpc) is 2.12. The van der Waals surface area contributed by atoms with Crippen LogP contribution in [0.3, 0.4) is 0 Å². The zero-order valence-corrected chi connectivity index (χ0v) is 8.71. The number of nitrogens with one attached hydrogen (secondary N) is 1. The van der Waals surface area contributed by atoms with Crippen molar-refractivity contribution in [1.82, 2.24) is 9.97 Å². The smallest absolute Gasteiger partial charge is 0.149 e. The standard InChI is InChI=1S/C9H12ClN3O/c1-9(5-14-6-9)4-12-8-3-11-2-7(10)13-8/h2-3H,4-6H2,1H3,(H,12,13). The molecule has 0 aromatic carbocycles. The Kier molecular flexibility index (Phi) is 2.56. The molecule has 0 bridgehead atoms. The molecule has 76 valence electrons. The quantitative estimate of drug-likeness (QED) is 0.828. The van der Waals surface area contributed by atoms with Gasteiger partial charge in [-0.05, 0) is 0 Å². The third-order valence-electron chi connectivity index (χ3n) is 2.20. The van der Waals surface area contributed by atoms with Crippen LogP contribution in [0.4, 0.5) is 5.82 Å². The van der Waals surface area contributed by atoms with Gasteiger partial charge in [0, 0.05) is 12.0 Å². The molecule has 1 aliphatic rings. The summed E-state index contributed by atoms with van der Waals surface area (Å²) in [5.41, 5.74) is 0.226. The highest BCUT2D eigenvalue weighted by Crippen LogP contribution is 2.26. The second kappa shape index (κ2) is 3.71. The fourth-order valence-electron chi connectivity index (χ4n) is 1.28. The van der Waals surface area contributed by atoms with Crippen molar-refractivity contribution < 1.29 is 4.74 Å². The highest BCUT2D eigenvalue weighted by Gasteiger charge is 2.33. The molecule has 1 fully saturated rings. The second-order valence-corrected chi connectivity index (χ2v) is 4.27. The van der Waals surface area contributed by atoms with Crippen molar-refractivity contribution in [1.29, 1.82) is 0 Å². The van der Waals surface area contributed by atoms with Crippen molar-refractivity contribution in [3.8, 4) is 0 Å². The lowest BCUT2D eigenvalue weighted by molar-refractivity contribution is -0.0924. The summed E-state index contributed by atoms with van der Waals surface area (Å²) in [6.45, 7) is 4.60. The lowest BCUT2D eigenvalue weighted by Gasteiger charge is -2.38. The van der Waals surface area contributed by atoms with E-state index < -0.39 is 0 Å². The van der Waals surface area contributed by atoms with Gasteiger partial charge < -0.3 is 10.1 Å². The van der Waals surface area contributed by atoms with Crippen LogP contribution >= 0.6 is 11.6 Å². The number of aromatic nitrogens is 2. The summed E-state index contributed by atoms with van der Waals surface area (Å²) in [6, 6.07) is 0. The van der Waals surface area contributed by atoms with E-state index in [0.29, 0.717) is 11.0 Å². The molecule has 14 heavy (non-hydrogen) atoms. The highest BCUT2D eigenvalue weighted by molar-refractivity contribution is 6.29. The summed E-state index contributed by atoms with van der Waals surface area (Å²) in [5, 5.41) is 3.60. The van der Waals surface area contributed by atoms with Gasteiger partial charge in [-0.2, -0.15) is 0 Å². The molecule has 0 aliphatic carbocycles. The molecule has 1 aromatic heterocycles. The van der Waals surface area contributed by atoms with Crippen LogP contribution in [0.15, 0.2) is 12.4 Å². The first-order valence-electron chi connectivity index (χ1n) is 4.47. The van der Waals surface area contributed by atoms with E-state index in [9.17, 15) is 0 Å². The van der Waals surface area contributed by atoms with E-state index in [2.05, 4.69) is 22.2 Å². The number of hydrogen-bond acceptors (Lipinski definition) is 4. The van der Waals surface area contributed by atoms with Gasteiger partial charge in [0.2, 0.25) is 0 Å². The SMILES string of the molecule is CC1(CNc2cncc(Cl)n2)COC1. The minimum absolute atomic E-state index is 0.226. The number of anilines is 1. The van der Waals surface area contributed by atoms with Crippen LogP contribution in [0.2, 0.25) is 5.15 Å². The summed E-state index contributed by atoms with van der Waals surface area (Å²) < 4.78 is 5.15. The van der Waals surface area contributed by atoms with Crippen molar-refractivity contribution in [2.24, 2.45) is 5.41 Å². The van der Waals surface area contributed by atoms with Crippen LogP contribution in [-0.4, -0.2) is 29.7 Å². The summed E-state index contributed by atoms with van der Waals surface area (Å²) in [4.78, 5) is 8.03. The molecular formula is C9H12ClN3O. The van der Waals surface area contributed by atoms with Gasteiger partial charge in [0.15, 0.2) is 0 Å². The molecule has 1 N–H and O–H groups in total. The van der Waals surface area contributed by atoms with Crippen molar-refractivity contribution >= 4 is 17.4 Å². The van der Waals surface area contributed by atoms with Gasteiger partial charge in [0.25, 0.3) is 0 Å². The minimum atomic E-state index is 0.226. The maximum absolute atomic E-state index is 5.70. The Morgan fingerprint density at radius 1 is 1.57 bits per heavy atom. The Balaban J connectivity index is 1.91. The lowest BCUT2D eigenvalue weighted by atomic mass is 9.89. The Bertz CT molecular complexity index is 328. The van der Waals surface area contributed by atoms with Crippen molar-refractivity contribution in [3.63, 3.8) is 0 Å². The first-order chi connectivity index (χ1) is 6.68. The van der Waals surface area contributed by atoms with E-state index >= 15 is 0 Å². The maximum atomic E-state index is 5.70. The molecule has 0 saturated carbocycles. The predicted molar refractivity (Wildman–Crippen MR) is 54.5 cm³/mol. The van der Waals surface area contributed by atoms with Gasteiger partial charge in [-0.1, -0.05) is 18.5 Å². The van der Waals surface area contributed by atoms with E-state index in [-0.39, 0.29) is 5.41 Å². The zero-order valence-electron chi connectivity index (χ0n) is 7.96. The largest absolute Gasteiger partial charge is 0.380 e. The first kappa shape index (κ1) is 9.68. The molecule has 2 rings (SSSR count). The summed E-state index contributed by atoms with van der Waals surface area (Å²) >= 11 is 5.70. The number of ether oxygens (including phenoxy) is 1. The molecule has 1 aliphatic heterocycles. The van der Waals surface area contributed by atoms with E-state index in [0.717, 1.165) is 19.8 Å².